The molecule has 2 aromatic carbocycles. The highest BCUT2D eigenvalue weighted by molar-refractivity contribution is 9.11. The fourth-order valence-corrected chi connectivity index (χ4v) is 3.37. The van der Waals surface area contributed by atoms with E-state index in [1.54, 1.807) is 31.2 Å². The zero-order valence-corrected chi connectivity index (χ0v) is 16.2. The molecule has 3 rings (SSSR count). The van der Waals surface area contributed by atoms with E-state index in [1.165, 1.54) is 0 Å². The summed E-state index contributed by atoms with van der Waals surface area (Å²) in [5.74, 6) is 0.0686. The molecule has 0 aliphatic carbocycles. The second-order valence-electron chi connectivity index (χ2n) is 5.00. The molecule has 1 heterocycles. The number of hydrogen-bond donors (Lipinski definition) is 0. The first-order valence-corrected chi connectivity index (χ1v) is 8.95. The Morgan fingerprint density at radius 3 is 2.64 bits per heavy atom. The number of hydrogen-bond acceptors (Lipinski definition) is 5. The molecule has 128 valence electrons. The molecule has 1 aromatic heterocycles. The summed E-state index contributed by atoms with van der Waals surface area (Å²) < 4.78 is 17.9. The maximum Gasteiger partial charge on any atom is 0.374 e. The van der Waals surface area contributed by atoms with E-state index >= 15 is 0 Å². The molecule has 0 saturated carbocycles. The van der Waals surface area contributed by atoms with Crippen LogP contribution in [0, 0.1) is 0 Å². The molecule has 0 bridgehead atoms. The van der Waals surface area contributed by atoms with Crippen LogP contribution in [0.3, 0.4) is 0 Å². The summed E-state index contributed by atoms with van der Waals surface area (Å²) >= 11 is 6.79. The average Bonchev–Trinajstić information content (AvgIpc) is 2.57. The summed E-state index contributed by atoms with van der Waals surface area (Å²) in [5, 5.41) is 0.255. The lowest BCUT2D eigenvalue weighted by atomic mass is 10.2. The first kappa shape index (κ1) is 17.7. The van der Waals surface area contributed by atoms with Crippen LogP contribution >= 0.6 is 31.9 Å². The molecule has 5 nitrogen and oxygen atoms in total. The van der Waals surface area contributed by atoms with Gasteiger partial charge in [0.05, 0.1) is 11.1 Å². The van der Waals surface area contributed by atoms with Gasteiger partial charge in [-0.15, -0.1) is 0 Å². The normalized spacial score (nSPS) is 10.7. The highest BCUT2D eigenvalue weighted by atomic mass is 79.9. The van der Waals surface area contributed by atoms with Crippen molar-refractivity contribution < 1.29 is 18.7 Å². The van der Waals surface area contributed by atoms with E-state index in [1.807, 2.05) is 12.1 Å². The molecule has 0 aliphatic heterocycles. The molecule has 0 aliphatic rings. The number of fused-ring (bicyclic) bond motifs is 1. The minimum atomic E-state index is -0.677. The molecule has 25 heavy (non-hydrogen) atoms. The van der Waals surface area contributed by atoms with Gasteiger partial charge in [0.25, 0.3) is 0 Å². The van der Waals surface area contributed by atoms with Gasteiger partial charge in [-0.2, -0.15) is 0 Å². The standard InChI is InChI=1S/C18H12Br2O5/c1-2-23-18(22)16-9-12(21)17-14(4-3-5-15(17)25-16)24-13-7-6-10(19)8-11(13)20/h3-9H,2H2,1H3. The van der Waals surface area contributed by atoms with Crippen molar-refractivity contribution in [2.45, 2.75) is 6.92 Å². The summed E-state index contributed by atoms with van der Waals surface area (Å²) in [4.78, 5) is 24.3. The van der Waals surface area contributed by atoms with Gasteiger partial charge in [-0.3, -0.25) is 4.79 Å². The molecule has 0 radical (unpaired) electrons. The molecule has 3 aromatic rings. The van der Waals surface area contributed by atoms with E-state index in [0.717, 1.165) is 15.0 Å². The van der Waals surface area contributed by atoms with Crippen molar-refractivity contribution in [1.82, 2.24) is 0 Å². The van der Waals surface area contributed by atoms with Crippen molar-refractivity contribution in [3.63, 3.8) is 0 Å². The summed E-state index contributed by atoms with van der Waals surface area (Å²) in [6, 6.07) is 11.5. The summed E-state index contributed by atoms with van der Waals surface area (Å²) in [6.45, 7) is 1.88. The van der Waals surface area contributed by atoms with Gasteiger partial charge >= 0.3 is 5.97 Å². The number of ether oxygens (including phenoxy) is 2. The number of esters is 1. The monoisotopic (exact) mass is 466 g/mol. The predicted octanol–water partition coefficient (Wildman–Crippen LogP) is 5.29. The van der Waals surface area contributed by atoms with Crippen LogP contribution in [0.25, 0.3) is 11.0 Å². The molecule has 0 spiro atoms. The zero-order valence-electron chi connectivity index (χ0n) is 13.0. The number of rotatable bonds is 4. The highest BCUT2D eigenvalue weighted by Gasteiger charge is 2.16. The predicted molar refractivity (Wildman–Crippen MR) is 100 cm³/mol. The molecular weight excluding hydrogens is 456 g/mol. The number of carbonyl (C=O) groups is 1. The third kappa shape index (κ3) is 3.77. The van der Waals surface area contributed by atoms with Gasteiger partial charge in [0.1, 0.15) is 22.5 Å². The highest BCUT2D eigenvalue weighted by Crippen LogP contribution is 2.34. The number of carbonyl (C=O) groups excluding carboxylic acids is 1. The Hall–Kier alpha value is -2.12. The summed E-state index contributed by atoms with van der Waals surface area (Å²) in [5.41, 5.74) is -0.130. The van der Waals surface area contributed by atoms with Crippen molar-refractivity contribution in [3.05, 3.63) is 67.4 Å². The third-order valence-corrected chi connectivity index (χ3v) is 4.42. The van der Waals surface area contributed by atoms with E-state index in [0.29, 0.717) is 11.5 Å². The quantitative estimate of drug-likeness (QED) is 0.488. The molecule has 0 saturated heterocycles. The Labute approximate surface area is 159 Å². The van der Waals surface area contributed by atoms with Crippen LogP contribution in [0.4, 0.5) is 0 Å². The van der Waals surface area contributed by atoms with Crippen molar-refractivity contribution in [2.75, 3.05) is 6.61 Å². The zero-order chi connectivity index (χ0) is 18.0. The first-order chi connectivity index (χ1) is 12.0. The Bertz CT molecular complexity index is 1010. The van der Waals surface area contributed by atoms with Crippen LogP contribution in [-0.2, 0) is 4.74 Å². The van der Waals surface area contributed by atoms with E-state index < -0.39 is 5.97 Å². The Morgan fingerprint density at radius 2 is 1.92 bits per heavy atom. The molecule has 0 atom stereocenters. The van der Waals surface area contributed by atoms with Gasteiger partial charge in [0.15, 0.2) is 5.43 Å². The van der Waals surface area contributed by atoms with Gasteiger partial charge in [-0.1, -0.05) is 22.0 Å². The van der Waals surface area contributed by atoms with E-state index in [2.05, 4.69) is 31.9 Å². The topological polar surface area (TPSA) is 65.7 Å². The van der Waals surface area contributed by atoms with Crippen LogP contribution in [0.2, 0.25) is 0 Å². The van der Waals surface area contributed by atoms with E-state index in [-0.39, 0.29) is 28.8 Å². The SMILES string of the molecule is CCOC(=O)c1cc(=O)c2c(Oc3ccc(Br)cc3Br)cccc2o1. The molecular formula is C18H12Br2O5. The van der Waals surface area contributed by atoms with Crippen molar-refractivity contribution in [2.24, 2.45) is 0 Å². The minimum Gasteiger partial charge on any atom is -0.460 e. The van der Waals surface area contributed by atoms with Gasteiger partial charge in [-0.05, 0) is 53.2 Å². The lowest BCUT2D eigenvalue weighted by molar-refractivity contribution is 0.0490. The lowest BCUT2D eigenvalue weighted by Gasteiger charge is -2.10. The van der Waals surface area contributed by atoms with Gasteiger partial charge in [-0.25, -0.2) is 4.79 Å². The van der Waals surface area contributed by atoms with Crippen LogP contribution in [0.1, 0.15) is 17.5 Å². The molecule has 0 amide bonds. The fraction of sp³-hybridized carbons (Fsp3) is 0.111. The van der Waals surface area contributed by atoms with Crippen molar-refractivity contribution in [1.29, 1.82) is 0 Å². The molecule has 0 N–H and O–H groups in total. The maximum absolute atomic E-state index is 12.5. The number of benzene rings is 2. The Balaban J connectivity index is 2.08. The number of halogens is 2. The largest absolute Gasteiger partial charge is 0.460 e. The average molecular weight is 468 g/mol. The van der Waals surface area contributed by atoms with Gasteiger partial charge in [0, 0.05) is 10.5 Å². The van der Waals surface area contributed by atoms with Gasteiger partial charge in [0.2, 0.25) is 5.76 Å². The molecule has 0 fully saturated rings. The van der Waals surface area contributed by atoms with E-state index in [4.69, 9.17) is 13.9 Å². The van der Waals surface area contributed by atoms with Crippen LogP contribution < -0.4 is 10.2 Å². The lowest BCUT2D eigenvalue weighted by Crippen LogP contribution is -2.10. The Morgan fingerprint density at radius 1 is 1.12 bits per heavy atom. The van der Waals surface area contributed by atoms with Crippen molar-refractivity contribution in [3.8, 4) is 11.5 Å². The second-order valence-corrected chi connectivity index (χ2v) is 6.77. The summed E-state index contributed by atoms with van der Waals surface area (Å²) in [6.07, 6.45) is 0. The minimum absolute atomic E-state index is 0.138. The fourth-order valence-electron chi connectivity index (χ4n) is 2.24. The Kier molecular flexibility index (Phi) is 5.24. The van der Waals surface area contributed by atoms with E-state index in [9.17, 15) is 9.59 Å². The summed E-state index contributed by atoms with van der Waals surface area (Å²) in [7, 11) is 0. The first-order valence-electron chi connectivity index (χ1n) is 7.36. The molecule has 7 heteroatoms. The smallest absolute Gasteiger partial charge is 0.374 e. The maximum atomic E-state index is 12.5. The van der Waals surface area contributed by atoms with Crippen LogP contribution in [-0.4, -0.2) is 12.6 Å². The van der Waals surface area contributed by atoms with Gasteiger partial charge < -0.3 is 13.9 Å². The third-order valence-electron chi connectivity index (χ3n) is 3.31. The van der Waals surface area contributed by atoms with Crippen molar-refractivity contribution >= 4 is 48.8 Å². The van der Waals surface area contributed by atoms with Crippen LogP contribution in [0.15, 0.2) is 60.6 Å². The van der Waals surface area contributed by atoms with Crippen LogP contribution in [0.5, 0.6) is 11.5 Å². The molecule has 0 unspecified atom stereocenters. The second kappa shape index (κ2) is 7.41.